The number of ether oxygens (including phenoxy) is 1. The maximum Gasteiger partial charge on any atom is 0.247 e. The molecular weight excluding hydrogens is 388 g/mol. The van der Waals surface area contributed by atoms with Crippen molar-refractivity contribution in [2.45, 2.75) is 26.3 Å². The molecule has 0 fully saturated rings. The number of hydrogen-bond donors (Lipinski definition) is 1. The summed E-state index contributed by atoms with van der Waals surface area (Å²) in [7, 11) is -2.26. The van der Waals surface area contributed by atoms with Crippen LogP contribution in [0.15, 0.2) is 42.5 Å². The van der Waals surface area contributed by atoms with Gasteiger partial charge in [0.15, 0.2) is 0 Å². The summed E-state index contributed by atoms with van der Waals surface area (Å²) in [5, 5.41) is 3.01. The highest BCUT2D eigenvalue weighted by Gasteiger charge is 2.29. The number of rotatable bonds is 7. The fourth-order valence-corrected chi connectivity index (χ4v) is 4.09. The minimum absolute atomic E-state index is 0.256. The van der Waals surface area contributed by atoms with Crippen LogP contribution in [0.25, 0.3) is 0 Å². The molecule has 8 heteroatoms. The van der Waals surface area contributed by atoms with Crippen LogP contribution in [0, 0.1) is 0 Å². The number of nitrogens with zero attached hydrogens (tertiary/aromatic N) is 1. The second kappa shape index (κ2) is 8.63. The van der Waals surface area contributed by atoms with Gasteiger partial charge in [-0.1, -0.05) is 30.7 Å². The van der Waals surface area contributed by atoms with Crippen LogP contribution in [0.4, 0.5) is 11.4 Å². The Morgan fingerprint density at radius 2 is 1.85 bits per heavy atom. The summed E-state index contributed by atoms with van der Waals surface area (Å²) in [6.07, 6.45) is 1.94. The van der Waals surface area contributed by atoms with Crippen molar-refractivity contribution in [3.63, 3.8) is 0 Å². The first-order chi connectivity index (χ1) is 12.7. The average molecular weight is 411 g/mol. The molecule has 0 saturated heterocycles. The summed E-state index contributed by atoms with van der Waals surface area (Å²) in [4.78, 5) is 12.7. The van der Waals surface area contributed by atoms with Crippen LogP contribution in [-0.2, 0) is 21.2 Å². The van der Waals surface area contributed by atoms with E-state index in [2.05, 4.69) is 5.32 Å². The maximum absolute atomic E-state index is 12.7. The first-order valence-electron chi connectivity index (χ1n) is 8.40. The van der Waals surface area contributed by atoms with E-state index >= 15 is 0 Å². The third-order valence-corrected chi connectivity index (χ3v) is 5.65. The van der Waals surface area contributed by atoms with E-state index in [1.165, 1.54) is 20.1 Å². The molecule has 1 atom stereocenters. The number of hydrogen-bond acceptors (Lipinski definition) is 4. The molecule has 0 aliphatic heterocycles. The Morgan fingerprint density at radius 3 is 2.33 bits per heavy atom. The van der Waals surface area contributed by atoms with Gasteiger partial charge in [-0.2, -0.15) is 0 Å². The molecular formula is C19H23ClN2O4S. The number of halogens is 1. The predicted molar refractivity (Wildman–Crippen MR) is 109 cm³/mol. The summed E-state index contributed by atoms with van der Waals surface area (Å²) in [6, 6.07) is 11.0. The zero-order valence-electron chi connectivity index (χ0n) is 15.7. The summed E-state index contributed by atoms with van der Waals surface area (Å²) >= 11 is 6.12. The fraction of sp³-hybridized carbons (Fsp3) is 0.316. The smallest absolute Gasteiger partial charge is 0.247 e. The number of anilines is 2. The molecule has 146 valence electrons. The number of carbonyl (C=O) groups is 1. The van der Waals surface area contributed by atoms with Crippen LogP contribution >= 0.6 is 11.6 Å². The molecule has 0 radical (unpaired) electrons. The van der Waals surface area contributed by atoms with Crippen LogP contribution in [0.2, 0.25) is 5.02 Å². The van der Waals surface area contributed by atoms with E-state index in [0.29, 0.717) is 11.4 Å². The van der Waals surface area contributed by atoms with Crippen LogP contribution in [-0.4, -0.2) is 33.7 Å². The molecule has 0 aromatic heterocycles. The van der Waals surface area contributed by atoms with E-state index in [0.717, 1.165) is 22.5 Å². The van der Waals surface area contributed by atoms with Crippen molar-refractivity contribution in [1.29, 1.82) is 0 Å². The van der Waals surface area contributed by atoms with Gasteiger partial charge in [0.25, 0.3) is 0 Å². The van der Waals surface area contributed by atoms with E-state index < -0.39 is 22.0 Å². The number of nitrogens with one attached hydrogen (secondary N) is 1. The normalized spacial score (nSPS) is 12.3. The molecule has 0 spiro atoms. The van der Waals surface area contributed by atoms with E-state index in [1.54, 1.807) is 24.3 Å². The Labute approximate surface area is 165 Å². The van der Waals surface area contributed by atoms with Gasteiger partial charge in [0, 0.05) is 5.69 Å². The predicted octanol–water partition coefficient (Wildman–Crippen LogP) is 3.70. The largest absolute Gasteiger partial charge is 0.495 e. The number of sulfonamides is 1. The number of carbonyl (C=O) groups excluding carboxylic acids is 1. The van der Waals surface area contributed by atoms with Gasteiger partial charge in [-0.25, -0.2) is 8.42 Å². The Morgan fingerprint density at radius 1 is 1.22 bits per heavy atom. The Hall–Kier alpha value is -2.25. The van der Waals surface area contributed by atoms with Gasteiger partial charge in [0.1, 0.15) is 11.8 Å². The lowest BCUT2D eigenvalue weighted by atomic mass is 10.1. The van der Waals surface area contributed by atoms with Crippen LogP contribution < -0.4 is 14.4 Å². The van der Waals surface area contributed by atoms with E-state index in [9.17, 15) is 13.2 Å². The zero-order chi connectivity index (χ0) is 20.2. The minimum Gasteiger partial charge on any atom is -0.495 e. The maximum atomic E-state index is 12.7. The third-order valence-electron chi connectivity index (χ3n) is 4.11. The molecule has 1 amide bonds. The molecule has 0 aliphatic carbocycles. The summed E-state index contributed by atoms with van der Waals surface area (Å²) in [6.45, 7) is 3.56. The monoisotopic (exact) mass is 410 g/mol. The number of benzene rings is 2. The SMILES string of the molecule is CCc1ccc(NC(=O)[C@@H](C)N(c2ccc(OC)c(Cl)c2)S(C)(=O)=O)cc1. The van der Waals surface area contributed by atoms with E-state index in [-0.39, 0.29) is 10.7 Å². The average Bonchev–Trinajstić information content (AvgIpc) is 2.61. The van der Waals surface area contributed by atoms with Gasteiger partial charge in [-0.15, -0.1) is 0 Å². The Balaban J connectivity index is 2.30. The van der Waals surface area contributed by atoms with Crippen molar-refractivity contribution in [2.75, 3.05) is 23.0 Å². The quantitative estimate of drug-likeness (QED) is 0.755. The van der Waals surface area contributed by atoms with Gasteiger partial charge in [0.05, 0.1) is 24.1 Å². The fourth-order valence-electron chi connectivity index (χ4n) is 2.67. The lowest BCUT2D eigenvalue weighted by molar-refractivity contribution is -0.116. The Kier molecular flexibility index (Phi) is 6.73. The second-order valence-corrected chi connectivity index (χ2v) is 8.36. The molecule has 1 N–H and O–H groups in total. The molecule has 6 nitrogen and oxygen atoms in total. The van der Waals surface area contributed by atoms with Crippen molar-refractivity contribution in [3.8, 4) is 5.75 Å². The summed E-state index contributed by atoms with van der Waals surface area (Å²) in [5.41, 5.74) is 2.03. The van der Waals surface area contributed by atoms with Crippen LogP contribution in [0.1, 0.15) is 19.4 Å². The molecule has 27 heavy (non-hydrogen) atoms. The van der Waals surface area contributed by atoms with Crippen molar-refractivity contribution in [2.24, 2.45) is 0 Å². The highest BCUT2D eigenvalue weighted by Crippen LogP contribution is 2.31. The molecule has 0 saturated carbocycles. The van der Waals surface area contributed by atoms with Crippen molar-refractivity contribution in [3.05, 3.63) is 53.1 Å². The van der Waals surface area contributed by atoms with Gasteiger partial charge in [0.2, 0.25) is 15.9 Å². The summed E-state index contributed by atoms with van der Waals surface area (Å²) in [5.74, 6) is -0.0291. The van der Waals surface area contributed by atoms with Crippen LogP contribution in [0.5, 0.6) is 5.75 Å². The highest BCUT2D eigenvalue weighted by molar-refractivity contribution is 7.92. The van der Waals surface area contributed by atoms with Crippen molar-refractivity contribution >= 4 is 38.9 Å². The third kappa shape index (κ3) is 5.14. The topological polar surface area (TPSA) is 75.7 Å². The first-order valence-corrected chi connectivity index (χ1v) is 10.6. The molecule has 0 unspecified atom stereocenters. The van der Waals surface area contributed by atoms with E-state index in [4.69, 9.17) is 16.3 Å². The number of amides is 1. The van der Waals surface area contributed by atoms with Gasteiger partial charge < -0.3 is 10.1 Å². The number of methoxy groups -OCH3 is 1. The molecule has 2 rings (SSSR count). The standard InChI is InChI=1S/C19H23ClN2O4S/c1-5-14-6-8-15(9-7-14)21-19(23)13(2)22(27(4,24)25)16-10-11-18(26-3)17(20)12-16/h6-13H,5H2,1-4H3,(H,21,23)/t13-/m1/s1. The highest BCUT2D eigenvalue weighted by atomic mass is 35.5. The lowest BCUT2D eigenvalue weighted by Crippen LogP contribution is -2.45. The van der Waals surface area contributed by atoms with Gasteiger partial charge in [-0.3, -0.25) is 9.10 Å². The molecule has 2 aromatic carbocycles. The van der Waals surface area contributed by atoms with Gasteiger partial charge >= 0.3 is 0 Å². The number of aryl methyl sites for hydroxylation is 1. The zero-order valence-corrected chi connectivity index (χ0v) is 17.3. The molecule has 0 bridgehead atoms. The molecule has 2 aromatic rings. The van der Waals surface area contributed by atoms with E-state index in [1.807, 2.05) is 19.1 Å². The summed E-state index contributed by atoms with van der Waals surface area (Å²) < 4.78 is 30.8. The van der Waals surface area contributed by atoms with Crippen molar-refractivity contribution in [1.82, 2.24) is 0 Å². The lowest BCUT2D eigenvalue weighted by Gasteiger charge is -2.28. The second-order valence-electron chi connectivity index (χ2n) is 6.09. The first kappa shape index (κ1) is 21.1. The van der Waals surface area contributed by atoms with Crippen molar-refractivity contribution < 1.29 is 17.9 Å². The van der Waals surface area contributed by atoms with Gasteiger partial charge in [-0.05, 0) is 49.2 Å². The van der Waals surface area contributed by atoms with Crippen LogP contribution in [0.3, 0.4) is 0 Å². The minimum atomic E-state index is -3.73. The molecule has 0 heterocycles. The Bertz CT molecular complexity index is 914. The molecule has 0 aliphatic rings.